The van der Waals surface area contributed by atoms with Crippen LogP contribution in [0.5, 0.6) is 0 Å². The van der Waals surface area contributed by atoms with E-state index in [4.69, 9.17) is 4.42 Å². The molecule has 0 bridgehead atoms. The first-order valence-electron chi connectivity index (χ1n) is 7.72. The Balaban J connectivity index is 2.04. The van der Waals surface area contributed by atoms with Crippen molar-refractivity contribution in [1.82, 2.24) is 4.90 Å². The van der Waals surface area contributed by atoms with Gasteiger partial charge in [0.05, 0.1) is 6.54 Å². The zero-order valence-electron chi connectivity index (χ0n) is 13.1. The molecular formula is C19H23NO2. The number of aldehydes is 1. The summed E-state index contributed by atoms with van der Waals surface area (Å²) in [5.41, 5.74) is 1.68. The molecule has 0 amide bonds. The topological polar surface area (TPSA) is 33.5 Å². The number of hydrogen-bond acceptors (Lipinski definition) is 3. The van der Waals surface area contributed by atoms with E-state index in [1.165, 1.54) is 5.56 Å². The van der Waals surface area contributed by atoms with Crippen molar-refractivity contribution in [1.29, 1.82) is 0 Å². The highest BCUT2D eigenvalue weighted by atomic mass is 16.3. The zero-order valence-corrected chi connectivity index (χ0v) is 13.1. The number of benzene rings is 1. The van der Waals surface area contributed by atoms with Crippen LogP contribution in [0.1, 0.15) is 36.8 Å². The Hall–Kier alpha value is -2.13. The summed E-state index contributed by atoms with van der Waals surface area (Å²) in [6.45, 7) is 8.53. The van der Waals surface area contributed by atoms with E-state index in [2.05, 4.69) is 42.7 Å². The van der Waals surface area contributed by atoms with Crippen molar-refractivity contribution in [2.45, 2.75) is 32.9 Å². The Morgan fingerprint density at radius 2 is 1.95 bits per heavy atom. The fourth-order valence-corrected chi connectivity index (χ4v) is 2.35. The van der Waals surface area contributed by atoms with Gasteiger partial charge in [-0.1, -0.05) is 50.3 Å². The van der Waals surface area contributed by atoms with Crippen molar-refractivity contribution >= 4 is 11.9 Å². The molecule has 0 N–H and O–H groups in total. The van der Waals surface area contributed by atoms with Gasteiger partial charge in [0.25, 0.3) is 0 Å². The van der Waals surface area contributed by atoms with Gasteiger partial charge in [-0.3, -0.25) is 9.69 Å². The lowest BCUT2D eigenvalue weighted by Crippen LogP contribution is -2.23. The molecule has 116 valence electrons. The molecule has 3 nitrogen and oxygen atoms in total. The molecule has 1 aromatic heterocycles. The van der Waals surface area contributed by atoms with Crippen LogP contribution in [-0.4, -0.2) is 17.7 Å². The molecule has 0 aliphatic carbocycles. The number of allylic oxidation sites excluding steroid dienone is 1. The normalized spacial score (nSPS) is 10.8. The lowest BCUT2D eigenvalue weighted by atomic mass is 10.2. The number of furan rings is 1. The van der Waals surface area contributed by atoms with Crippen molar-refractivity contribution < 1.29 is 9.21 Å². The third-order valence-corrected chi connectivity index (χ3v) is 3.58. The maximum atomic E-state index is 10.7. The molecule has 0 unspecified atom stereocenters. The van der Waals surface area contributed by atoms with Gasteiger partial charge in [-0.15, -0.1) is 0 Å². The second-order valence-corrected chi connectivity index (χ2v) is 5.46. The summed E-state index contributed by atoms with van der Waals surface area (Å²) in [4.78, 5) is 13.1. The van der Waals surface area contributed by atoms with E-state index in [1.807, 2.05) is 18.2 Å². The largest absolute Gasteiger partial charge is 0.460 e. The molecule has 0 aliphatic heterocycles. The lowest BCUT2D eigenvalue weighted by Gasteiger charge is -2.21. The summed E-state index contributed by atoms with van der Waals surface area (Å²) < 4.78 is 5.71. The molecule has 0 spiro atoms. The Bertz CT molecular complexity index is 601. The lowest BCUT2D eigenvalue weighted by molar-refractivity contribution is -0.103. The van der Waals surface area contributed by atoms with E-state index < -0.39 is 0 Å². The van der Waals surface area contributed by atoms with Crippen LogP contribution in [0.4, 0.5) is 0 Å². The van der Waals surface area contributed by atoms with Crippen LogP contribution in [0.15, 0.2) is 53.5 Å². The number of nitrogens with zero attached hydrogens (tertiary/aromatic N) is 1. The number of carbonyl (C=O) groups excluding carboxylic acids is 1. The van der Waals surface area contributed by atoms with Crippen LogP contribution in [-0.2, 0) is 17.9 Å². The van der Waals surface area contributed by atoms with Crippen LogP contribution in [0, 0.1) is 0 Å². The SMILES string of the molecule is C=C(C=O)c1ccc(CN(CCCC)Cc2ccccc2)o1. The molecule has 2 aromatic rings. The first-order chi connectivity index (χ1) is 10.7. The van der Waals surface area contributed by atoms with Gasteiger partial charge in [-0.2, -0.15) is 0 Å². The number of carbonyl (C=O) groups is 1. The number of unbranched alkanes of at least 4 members (excludes halogenated alkanes) is 1. The third kappa shape index (κ3) is 4.71. The predicted molar refractivity (Wildman–Crippen MR) is 89.3 cm³/mol. The van der Waals surface area contributed by atoms with Crippen molar-refractivity contribution in [2.24, 2.45) is 0 Å². The molecule has 0 saturated heterocycles. The summed E-state index contributed by atoms with van der Waals surface area (Å²) in [5.74, 6) is 1.42. The molecule has 0 radical (unpaired) electrons. The molecule has 3 heteroatoms. The molecule has 1 heterocycles. The summed E-state index contributed by atoms with van der Waals surface area (Å²) in [5, 5.41) is 0. The fourth-order valence-electron chi connectivity index (χ4n) is 2.35. The van der Waals surface area contributed by atoms with E-state index in [1.54, 1.807) is 0 Å². The fraction of sp³-hybridized carbons (Fsp3) is 0.316. The maximum absolute atomic E-state index is 10.7. The summed E-state index contributed by atoms with van der Waals surface area (Å²) in [6.07, 6.45) is 3.04. The molecule has 0 saturated carbocycles. The quantitative estimate of drug-likeness (QED) is 0.511. The monoisotopic (exact) mass is 297 g/mol. The predicted octanol–water partition coefficient (Wildman–Crippen LogP) is 4.29. The smallest absolute Gasteiger partial charge is 0.153 e. The van der Waals surface area contributed by atoms with E-state index in [9.17, 15) is 4.79 Å². The van der Waals surface area contributed by atoms with Crippen LogP contribution >= 0.6 is 0 Å². The van der Waals surface area contributed by atoms with Gasteiger partial charge in [-0.05, 0) is 30.7 Å². The minimum Gasteiger partial charge on any atom is -0.460 e. The van der Waals surface area contributed by atoms with Gasteiger partial charge in [0.2, 0.25) is 0 Å². The first kappa shape index (κ1) is 16.2. The van der Waals surface area contributed by atoms with Gasteiger partial charge >= 0.3 is 0 Å². The summed E-state index contributed by atoms with van der Waals surface area (Å²) >= 11 is 0. The Morgan fingerprint density at radius 1 is 1.18 bits per heavy atom. The standard InChI is InChI=1S/C19H23NO2/c1-3-4-12-20(13-17-8-6-5-7-9-17)14-18-10-11-19(22-18)16(2)15-21/h5-11,15H,2-4,12-14H2,1H3. The van der Waals surface area contributed by atoms with Crippen molar-refractivity contribution in [3.05, 3.63) is 66.1 Å². The Kier molecular flexibility index (Phi) is 6.16. The second kappa shape index (κ2) is 8.35. The van der Waals surface area contributed by atoms with Crippen molar-refractivity contribution in [3.8, 4) is 0 Å². The van der Waals surface area contributed by atoms with E-state index in [0.29, 0.717) is 11.3 Å². The third-order valence-electron chi connectivity index (χ3n) is 3.58. The van der Waals surface area contributed by atoms with Gasteiger partial charge < -0.3 is 4.42 Å². The molecule has 22 heavy (non-hydrogen) atoms. The average molecular weight is 297 g/mol. The van der Waals surface area contributed by atoms with E-state index in [-0.39, 0.29) is 0 Å². The minimum absolute atomic E-state index is 0.384. The highest BCUT2D eigenvalue weighted by Crippen LogP contribution is 2.17. The zero-order chi connectivity index (χ0) is 15.8. The molecule has 1 aromatic carbocycles. The highest BCUT2D eigenvalue weighted by molar-refractivity contribution is 6.04. The van der Waals surface area contributed by atoms with Crippen molar-refractivity contribution in [2.75, 3.05) is 6.54 Å². The second-order valence-electron chi connectivity index (χ2n) is 5.46. The molecule has 2 rings (SSSR count). The van der Waals surface area contributed by atoms with Crippen molar-refractivity contribution in [3.63, 3.8) is 0 Å². The van der Waals surface area contributed by atoms with E-state index >= 15 is 0 Å². The average Bonchev–Trinajstić information content (AvgIpc) is 3.01. The maximum Gasteiger partial charge on any atom is 0.153 e. The highest BCUT2D eigenvalue weighted by Gasteiger charge is 2.11. The molecule has 0 fully saturated rings. The van der Waals surface area contributed by atoms with Gasteiger partial charge in [0, 0.05) is 12.1 Å². The Labute approximate surface area is 132 Å². The number of hydrogen-bond donors (Lipinski definition) is 0. The molecule has 0 aliphatic rings. The summed E-state index contributed by atoms with van der Waals surface area (Å²) in [7, 11) is 0. The molecule has 0 atom stereocenters. The van der Waals surface area contributed by atoms with Crippen LogP contribution in [0.2, 0.25) is 0 Å². The van der Waals surface area contributed by atoms with Crippen LogP contribution < -0.4 is 0 Å². The van der Waals surface area contributed by atoms with E-state index in [0.717, 1.165) is 44.5 Å². The van der Waals surface area contributed by atoms with Gasteiger partial charge in [-0.25, -0.2) is 0 Å². The Morgan fingerprint density at radius 3 is 2.64 bits per heavy atom. The van der Waals surface area contributed by atoms with Crippen LogP contribution in [0.25, 0.3) is 5.57 Å². The summed E-state index contributed by atoms with van der Waals surface area (Å²) in [6, 6.07) is 14.2. The first-order valence-corrected chi connectivity index (χ1v) is 7.72. The number of rotatable bonds is 9. The minimum atomic E-state index is 0.384. The van der Waals surface area contributed by atoms with Gasteiger partial charge in [0.15, 0.2) is 6.29 Å². The van der Waals surface area contributed by atoms with Gasteiger partial charge in [0.1, 0.15) is 11.5 Å². The molecular weight excluding hydrogens is 274 g/mol. The van der Waals surface area contributed by atoms with Crippen LogP contribution in [0.3, 0.4) is 0 Å².